The van der Waals surface area contributed by atoms with E-state index in [1.165, 1.54) is 17.0 Å². The monoisotopic (exact) mass is 419 g/mol. The lowest BCUT2D eigenvalue weighted by Gasteiger charge is -2.25. The van der Waals surface area contributed by atoms with Gasteiger partial charge in [-0.1, -0.05) is 59.6 Å². The molecular weight excluding hydrogens is 402 g/mol. The predicted octanol–water partition coefficient (Wildman–Crippen LogP) is 4.98. The lowest BCUT2D eigenvalue weighted by molar-refractivity contribution is -0.132. The van der Waals surface area contributed by atoms with Crippen molar-refractivity contribution in [3.05, 3.63) is 100 Å². The Morgan fingerprint density at radius 2 is 1.67 bits per heavy atom. The maximum atomic E-state index is 13.0. The van der Waals surface area contributed by atoms with E-state index in [2.05, 4.69) is 0 Å². The van der Waals surface area contributed by atoms with Crippen LogP contribution in [-0.2, 0) is 9.59 Å². The van der Waals surface area contributed by atoms with E-state index in [0.29, 0.717) is 21.8 Å². The summed E-state index contributed by atoms with van der Waals surface area (Å²) < 4.78 is 0. The molecule has 1 aliphatic heterocycles. The van der Waals surface area contributed by atoms with E-state index in [0.717, 1.165) is 5.56 Å². The molecule has 0 spiro atoms. The largest absolute Gasteiger partial charge is 0.508 e. The van der Waals surface area contributed by atoms with Crippen molar-refractivity contribution in [3.8, 4) is 5.75 Å². The Hall–Kier alpha value is -3.57. The van der Waals surface area contributed by atoms with Gasteiger partial charge < -0.3 is 10.2 Å². The normalized spacial score (nSPS) is 18.1. The molecule has 3 aromatic rings. The van der Waals surface area contributed by atoms with Crippen LogP contribution in [0.4, 0.5) is 5.69 Å². The van der Waals surface area contributed by atoms with E-state index in [4.69, 9.17) is 11.6 Å². The van der Waals surface area contributed by atoms with Crippen LogP contribution in [0.5, 0.6) is 5.75 Å². The van der Waals surface area contributed by atoms with E-state index in [-0.39, 0.29) is 17.1 Å². The highest BCUT2D eigenvalue weighted by atomic mass is 35.5. The number of aliphatic hydroxyl groups is 1. The van der Waals surface area contributed by atoms with Crippen molar-refractivity contribution in [2.45, 2.75) is 13.0 Å². The number of aryl methyl sites for hydroxylation is 1. The number of hydrogen-bond acceptors (Lipinski definition) is 4. The maximum absolute atomic E-state index is 13.0. The third kappa shape index (κ3) is 3.44. The fourth-order valence-corrected chi connectivity index (χ4v) is 3.79. The third-order valence-electron chi connectivity index (χ3n) is 5.04. The standard InChI is InChI=1S/C24H18ClNO4/c1-14-8-10-15(11-9-14)22(28)20-21(16-4-2-7-19(27)12-16)26(24(30)23(20)29)18-6-3-5-17(25)13-18/h2-13,21,27-28H,1H3/b22-20+. The zero-order valence-corrected chi connectivity index (χ0v) is 16.8. The summed E-state index contributed by atoms with van der Waals surface area (Å²) >= 11 is 6.11. The summed E-state index contributed by atoms with van der Waals surface area (Å²) in [5.74, 6) is -1.87. The van der Waals surface area contributed by atoms with Crippen LogP contribution in [0.2, 0.25) is 5.02 Å². The van der Waals surface area contributed by atoms with Gasteiger partial charge in [-0.25, -0.2) is 0 Å². The first kappa shape index (κ1) is 19.7. The number of carbonyl (C=O) groups is 2. The van der Waals surface area contributed by atoms with E-state index in [1.54, 1.807) is 48.5 Å². The Morgan fingerprint density at radius 1 is 0.967 bits per heavy atom. The number of Topliss-reactive ketones (excluding diaryl/α,β-unsaturated/α-hetero) is 1. The van der Waals surface area contributed by atoms with Gasteiger partial charge in [-0.2, -0.15) is 0 Å². The first-order chi connectivity index (χ1) is 14.4. The molecule has 0 radical (unpaired) electrons. The zero-order valence-electron chi connectivity index (χ0n) is 16.0. The fraction of sp³-hybridized carbons (Fsp3) is 0.0833. The van der Waals surface area contributed by atoms with Gasteiger partial charge in [0.25, 0.3) is 11.7 Å². The Labute approximate surface area is 178 Å². The summed E-state index contributed by atoms with van der Waals surface area (Å²) in [5, 5.41) is 21.4. The lowest BCUT2D eigenvalue weighted by Crippen LogP contribution is -2.29. The number of aliphatic hydroxyl groups excluding tert-OH is 1. The molecule has 5 nitrogen and oxygen atoms in total. The number of nitrogens with zero attached hydrogens (tertiary/aromatic N) is 1. The molecule has 6 heteroatoms. The first-order valence-corrected chi connectivity index (χ1v) is 9.67. The number of halogens is 1. The van der Waals surface area contributed by atoms with Crippen LogP contribution < -0.4 is 4.90 Å². The smallest absolute Gasteiger partial charge is 0.300 e. The van der Waals surface area contributed by atoms with Gasteiger partial charge in [0.1, 0.15) is 11.5 Å². The van der Waals surface area contributed by atoms with Crippen molar-refractivity contribution < 1.29 is 19.8 Å². The molecule has 0 aromatic heterocycles. The molecule has 1 heterocycles. The number of rotatable bonds is 3. The lowest BCUT2D eigenvalue weighted by atomic mass is 9.94. The number of hydrogen-bond donors (Lipinski definition) is 2. The van der Waals surface area contributed by atoms with Crippen LogP contribution in [0.1, 0.15) is 22.7 Å². The Balaban J connectivity index is 1.96. The van der Waals surface area contributed by atoms with Gasteiger partial charge in [-0.3, -0.25) is 14.5 Å². The van der Waals surface area contributed by atoms with Gasteiger partial charge in [0, 0.05) is 16.3 Å². The number of ketones is 1. The Bertz CT molecular complexity index is 1180. The van der Waals surface area contributed by atoms with Crippen molar-refractivity contribution >= 4 is 34.7 Å². The molecule has 1 atom stereocenters. The first-order valence-electron chi connectivity index (χ1n) is 9.29. The molecule has 150 valence electrons. The minimum atomic E-state index is -0.920. The van der Waals surface area contributed by atoms with Gasteiger partial charge in [-0.05, 0) is 42.8 Å². The van der Waals surface area contributed by atoms with Gasteiger partial charge in [0.15, 0.2) is 0 Å². The van der Waals surface area contributed by atoms with Gasteiger partial charge >= 0.3 is 0 Å². The second-order valence-electron chi connectivity index (χ2n) is 7.11. The SMILES string of the molecule is Cc1ccc(/C(O)=C2\C(=O)C(=O)N(c3cccc(Cl)c3)C2c2cccc(O)c2)cc1. The number of aromatic hydroxyl groups is 1. The molecule has 1 saturated heterocycles. The van der Waals surface area contributed by atoms with Crippen LogP contribution in [0.25, 0.3) is 5.76 Å². The fourth-order valence-electron chi connectivity index (χ4n) is 3.60. The molecule has 30 heavy (non-hydrogen) atoms. The summed E-state index contributed by atoms with van der Waals surface area (Å²) in [5.41, 5.74) is 2.28. The number of benzene rings is 3. The summed E-state index contributed by atoms with van der Waals surface area (Å²) in [6.07, 6.45) is 0. The van der Waals surface area contributed by atoms with Crippen molar-refractivity contribution in [2.75, 3.05) is 4.90 Å². The molecule has 1 unspecified atom stereocenters. The van der Waals surface area contributed by atoms with Crippen molar-refractivity contribution in [1.82, 2.24) is 0 Å². The minimum absolute atomic E-state index is 0.0143. The molecule has 4 rings (SSSR count). The molecule has 2 N–H and O–H groups in total. The maximum Gasteiger partial charge on any atom is 0.300 e. The van der Waals surface area contributed by atoms with Crippen molar-refractivity contribution in [2.24, 2.45) is 0 Å². The summed E-state index contributed by atoms with van der Waals surface area (Å²) in [7, 11) is 0. The van der Waals surface area contributed by atoms with Crippen LogP contribution in [0.3, 0.4) is 0 Å². The minimum Gasteiger partial charge on any atom is -0.508 e. The van der Waals surface area contributed by atoms with Crippen LogP contribution in [0.15, 0.2) is 78.4 Å². The average molecular weight is 420 g/mol. The molecule has 1 fully saturated rings. The molecule has 1 aliphatic rings. The quantitative estimate of drug-likeness (QED) is 0.356. The predicted molar refractivity (Wildman–Crippen MR) is 116 cm³/mol. The van der Waals surface area contributed by atoms with Gasteiger partial charge in [0.05, 0.1) is 11.6 Å². The zero-order chi connectivity index (χ0) is 21.4. The summed E-state index contributed by atoms with van der Waals surface area (Å²) in [6, 6.07) is 18.9. The molecule has 3 aromatic carbocycles. The molecule has 0 aliphatic carbocycles. The highest BCUT2D eigenvalue weighted by Crippen LogP contribution is 2.43. The van der Waals surface area contributed by atoms with Crippen LogP contribution in [-0.4, -0.2) is 21.9 Å². The molecule has 0 bridgehead atoms. The highest BCUT2D eigenvalue weighted by molar-refractivity contribution is 6.51. The van der Waals surface area contributed by atoms with Crippen LogP contribution in [0, 0.1) is 6.92 Å². The topological polar surface area (TPSA) is 77.8 Å². The van der Waals surface area contributed by atoms with Gasteiger partial charge in [-0.15, -0.1) is 0 Å². The van der Waals surface area contributed by atoms with E-state index in [1.807, 2.05) is 19.1 Å². The van der Waals surface area contributed by atoms with Crippen LogP contribution >= 0.6 is 11.6 Å². The van der Waals surface area contributed by atoms with E-state index >= 15 is 0 Å². The number of carbonyl (C=O) groups excluding carboxylic acids is 2. The van der Waals surface area contributed by atoms with E-state index < -0.39 is 17.7 Å². The Kier molecular flexibility index (Phi) is 5.06. The molecular formula is C24H18ClNO4. The number of amides is 1. The van der Waals surface area contributed by atoms with Crippen molar-refractivity contribution in [1.29, 1.82) is 0 Å². The second kappa shape index (κ2) is 7.69. The van der Waals surface area contributed by atoms with E-state index in [9.17, 15) is 19.8 Å². The van der Waals surface area contributed by atoms with Crippen molar-refractivity contribution in [3.63, 3.8) is 0 Å². The molecule has 1 amide bonds. The summed E-state index contributed by atoms with van der Waals surface area (Å²) in [6.45, 7) is 1.91. The van der Waals surface area contributed by atoms with Gasteiger partial charge in [0.2, 0.25) is 0 Å². The average Bonchev–Trinajstić information content (AvgIpc) is 2.99. The molecule has 0 saturated carbocycles. The Morgan fingerprint density at radius 3 is 2.33 bits per heavy atom. The summed E-state index contributed by atoms with van der Waals surface area (Å²) in [4.78, 5) is 27.3. The second-order valence-corrected chi connectivity index (χ2v) is 7.55. The number of phenols is 1. The highest BCUT2D eigenvalue weighted by Gasteiger charge is 2.47. The number of phenolic OH excluding ortho intramolecular Hbond substituents is 1. The number of anilines is 1. The third-order valence-corrected chi connectivity index (χ3v) is 5.28.